The first-order valence-electron chi connectivity index (χ1n) is 8.31. The van der Waals surface area contributed by atoms with Gasteiger partial charge in [-0.1, -0.05) is 30.3 Å². The highest BCUT2D eigenvalue weighted by Gasteiger charge is 2.23. The summed E-state index contributed by atoms with van der Waals surface area (Å²) in [5.74, 6) is 0.662. The molecule has 1 saturated heterocycles. The third-order valence-electron chi connectivity index (χ3n) is 4.55. The van der Waals surface area contributed by atoms with Crippen LogP contribution in [0.3, 0.4) is 0 Å². The molecule has 0 saturated carbocycles. The summed E-state index contributed by atoms with van der Waals surface area (Å²) in [6.45, 7) is 6.13. The van der Waals surface area contributed by atoms with E-state index in [-0.39, 0.29) is 5.91 Å². The van der Waals surface area contributed by atoms with E-state index in [1.807, 2.05) is 18.4 Å². The SMILES string of the molecule is Cc1ccsc1C(=O)NCC1CCN(CCc2ccccc2)C1. The van der Waals surface area contributed by atoms with Crippen LogP contribution >= 0.6 is 11.3 Å². The van der Waals surface area contributed by atoms with Crippen LogP contribution in [0.2, 0.25) is 0 Å². The van der Waals surface area contributed by atoms with E-state index in [0.717, 1.165) is 43.0 Å². The molecule has 1 aromatic carbocycles. The molecule has 23 heavy (non-hydrogen) atoms. The summed E-state index contributed by atoms with van der Waals surface area (Å²) in [7, 11) is 0. The van der Waals surface area contributed by atoms with E-state index >= 15 is 0 Å². The number of likely N-dealkylation sites (tertiary alicyclic amines) is 1. The van der Waals surface area contributed by atoms with Crippen molar-refractivity contribution < 1.29 is 4.79 Å². The van der Waals surface area contributed by atoms with Crippen LogP contribution in [0.15, 0.2) is 41.8 Å². The topological polar surface area (TPSA) is 32.3 Å². The lowest BCUT2D eigenvalue weighted by Gasteiger charge is -2.16. The zero-order valence-corrected chi connectivity index (χ0v) is 14.4. The molecule has 2 aromatic rings. The first-order valence-corrected chi connectivity index (χ1v) is 9.19. The van der Waals surface area contributed by atoms with Crippen molar-refractivity contribution in [2.45, 2.75) is 19.8 Å². The molecule has 0 aliphatic carbocycles. The van der Waals surface area contributed by atoms with Gasteiger partial charge in [0.15, 0.2) is 0 Å². The van der Waals surface area contributed by atoms with Crippen LogP contribution in [-0.4, -0.2) is 37.0 Å². The van der Waals surface area contributed by atoms with Crippen molar-refractivity contribution in [2.24, 2.45) is 5.92 Å². The van der Waals surface area contributed by atoms with Crippen molar-refractivity contribution in [2.75, 3.05) is 26.2 Å². The van der Waals surface area contributed by atoms with E-state index < -0.39 is 0 Å². The van der Waals surface area contributed by atoms with Crippen LogP contribution in [0, 0.1) is 12.8 Å². The average molecular weight is 328 g/mol. The van der Waals surface area contributed by atoms with Crippen molar-refractivity contribution in [1.82, 2.24) is 10.2 Å². The number of benzene rings is 1. The standard InChI is InChI=1S/C19H24N2OS/c1-15-9-12-23-18(15)19(22)20-13-17-8-11-21(14-17)10-7-16-5-3-2-4-6-16/h2-6,9,12,17H,7-8,10-11,13-14H2,1H3,(H,20,22). The molecule has 1 aromatic heterocycles. The molecule has 3 nitrogen and oxygen atoms in total. The smallest absolute Gasteiger partial charge is 0.261 e. The predicted octanol–water partition coefficient (Wildman–Crippen LogP) is 3.35. The Kier molecular flexibility index (Phi) is 5.47. The minimum atomic E-state index is 0.0836. The molecular formula is C19H24N2OS. The summed E-state index contributed by atoms with van der Waals surface area (Å²) >= 11 is 1.52. The number of carbonyl (C=O) groups excluding carboxylic acids is 1. The van der Waals surface area contributed by atoms with Crippen molar-refractivity contribution in [3.8, 4) is 0 Å². The van der Waals surface area contributed by atoms with Gasteiger partial charge in [0.05, 0.1) is 4.88 Å². The number of carbonyl (C=O) groups is 1. The molecule has 1 aliphatic rings. The summed E-state index contributed by atoms with van der Waals surface area (Å²) in [4.78, 5) is 15.5. The Bertz CT molecular complexity index is 638. The van der Waals surface area contributed by atoms with Gasteiger partial charge in [-0.25, -0.2) is 0 Å². The molecule has 0 bridgehead atoms. The maximum absolute atomic E-state index is 12.2. The minimum Gasteiger partial charge on any atom is -0.351 e. The number of rotatable bonds is 6. The van der Waals surface area contributed by atoms with Crippen LogP contribution in [0.1, 0.15) is 27.2 Å². The normalized spacial score (nSPS) is 18.2. The Morgan fingerprint density at radius 3 is 2.87 bits per heavy atom. The first kappa shape index (κ1) is 16.2. The summed E-state index contributed by atoms with van der Waals surface area (Å²) in [5.41, 5.74) is 2.47. The lowest BCUT2D eigenvalue weighted by Crippen LogP contribution is -2.31. The van der Waals surface area contributed by atoms with Gasteiger partial charge in [-0.2, -0.15) is 0 Å². The summed E-state index contributed by atoms with van der Waals surface area (Å²) < 4.78 is 0. The van der Waals surface area contributed by atoms with Crippen molar-refractivity contribution in [3.63, 3.8) is 0 Å². The quantitative estimate of drug-likeness (QED) is 0.882. The molecule has 1 N–H and O–H groups in total. The Hall–Kier alpha value is -1.65. The summed E-state index contributed by atoms with van der Waals surface area (Å²) in [5, 5.41) is 5.08. The average Bonchev–Trinajstić information content (AvgIpc) is 3.20. The minimum absolute atomic E-state index is 0.0836. The molecule has 1 aliphatic heterocycles. The van der Waals surface area contributed by atoms with Gasteiger partial charge in [0.25, 0.3) is 5.91 Å². The fraction of sp³-hybridized carbons (Fsp3) is 0.421. The largest absolute Gasteiger partial charge is 0.351 e. The number of hydrogen-bond donors (Lipinski definition) is 1. The summed E-state index contributed by atoms with van der Waals surface area (Å²) in [6.07, 6.45) is 2.28. The van der Waals surface area contributed by atoms with Gasteiger partial charge in [-0.05, 0) is 54.8 Å². The van der Waals surface area contributed by atoms with Crippen molar-refractivity contribution >= 4 is 17.2 Å². The molecule has 3 rings (SSSR count). The zero-order valence-electron chi connectivity index (χ0n) is 13.6. The molecule has 0 spiro atoms. The highest BCUT2D eigenvalue weighted by atomic mass is 32.1. The lowest BCUT2D eigenvalue weighted by atomic mass is 10.1. The summed E-state index contributed by atoms with van der Waals surface area (Å²) in [6, 6.07) is 12.6. The third-order valence-corrected chi connectivity index (χ3v) is 5.56. The second-order valence-electron chi connectivity index (χ2n) is 6.33. The van der Waals surface area contributed by atoms with Gasteiger partial charge >= 0.3 is 0 Å². The Balaban J connectivity index is 1.40. The van der Waals surface area contributed by atoms with Gasteiger partial charge in [0.1, 0.15) is 0 Å². The predicted molar refractivity (Wildman–Crippen MR) is 96.1 cm³/mol. The molecule has 1 amide bonds. The number of nitrogens with one attached hydrogen (secondary N) is 1. The van der Waals surface area contributed by atoms with Crippen molar-refractivity contribution in [1.29, 1.82) is 0 Å². The van der Waals surface area contributed by atoms with Crippen LogP contribution in [-0.2, 0) is 6.42 Å². The Labute approximate surface area is 142 Å². The second-order valence-corrected chi connectivity index (χ2v) is 7.25. The Morgan fingerprint density at radius 1 is 1.30 bits per heavy atom. The highest BCUT2D eigenvalue weighted by molar-refractivity contribution is 7.12. The van der Waals surface area contributed by atoms with E-state index in [1.165, 1.54) is 23.3 Å². The number of amides is 1. The fourth-order valence-corrected chi connectivity index (χ4v) is 3.98. The van der Waals surface area contributed by atoms with Gasteiger partial charge in [-0.15, -0.1) is 11.3 Å². The molecule has 0 radical (unpaired) electrons. The Morgan fingerprint density at radius 2 is 2.13 bits per heavy atom. The molecule has 1 atom stereocenters. The van der Waals surface area contributed by atoms with E-state index in [1.54, 1.807) is 0 Å². The first-order chi connectivity index (χ1) is 11.2. The van der Waals surface area contributed by atoms with Crippen LogP contribution in [0.5, 0.6) is 0 Å². The molecule has 1 fully saturated rings. The van der Waals surface area contributed by atoms with E-state index in [2.05, 4.69) is 40.5 Å². The zero-order chi connectivity index (χ0) is 16.1. The molecular weight excluding hydrogens is 304 g/mol. The molecule has 122 valence electrons. The van der Waals surface area contributed by atoms with E-state index in [0.29, 0.717) is 5.92 Å². The fourth-order valence-electron chi connectivity index (χ4n) is 3.14. The maximum Gasteiger partial charge on any atom is 0.261 e. The third kappa shape index (κ3) is 4.43. The van der Waals surface area contributed by atoms with Gasteiger partial charge in [0, 0.05) is 19.6 Å². The number of thiophene rings is 1. The van der Waals surface area contributed by atoms with E-state index in [9.17, 15) is 4.79 Å². The number of nitrogens with zero attached hydrogens (tertiary/aromatic N) is 1. The monoisotopic (exact) mass is 328 g/mol. The lowest BCUT2D eigenvalue weighted by molar-refractivity contribution is 0.0951. The number of aryl methyl sites for hydroxylation is 1. The second kappa shape index (κ2) is 7.75. The van der Waals surface area contributed by atoms with Crippen LogP contribution in [0.4, 0.5) is 0 Å². The molecule has 4 heteroatoms. The van der Waals surface area contributed by atoms with Crippen LogP contribution in [0.25, 0.3) is 0 Å². The van der Waals surface area contributed by atoms with Gasteiger partial charge in [-0.3, -0.25) is 4.79 Å². The van der Waals surface area contributed by atoms with Crippen molar-refractivity contribution in [3.05, 3.63) is 57.8 Å². The molecule has 2 heterocycles. The van der Waals surface area contributed by atoms with Gasteiger partial charge < -0.3 is 10.2 Å². The number of hydrogen-bond acceptors (Lipinski definition) is 3. The van der Waals surface area contributed by atoms with Crippen LogP contribution < -0.4 is 5.32 Å². The highest BCUT2D eigenvalue weighted by Crippen LogP contribution is 2.18. The maximum atomic E-state index is 12.2. The van der Waals surface area contributed by atoms with E-state index in [4.69, 9.17) is 0 Å². The molecule has 1 unspecified atom stereocenters. The van der Waals surface area contributed by atoms with Gasteiger partial charge in [0.2, 0.25) is 0 Å².